The summed E-state index contributed by atoms with van der Waals surface area (Å²) in [6, 6.07) is 20.3. The lowest BCUT2D eigenvalue weighted by molar-refractivity contribution is 0.0428. The third-order valence-corrected chi connectivity index (χ3v) is 5.15. The number of carbonyl (C=O) groups is 1. The number of thiazole rings is 1. The van der Waals surface area contributed by atoms with Crippen LogP contribution >= 0.6 is 11.3 Å². The van der Waals surface area contributed by atoms with Crippen molar-refractivity contribution in [3.63, 3.8) is 0 Å². The second kappa shape index (κ2) is 9.28. The minimum Gasteiger partial charge on any atom is -0.496 e. The Hall–Kier alpha value is -3.58. The summed E-state index contributed by atoms with van der Waals surface area (Å²) in [5.74, 6) is 1.59. The van der Waals surface area contributed by atoms with Gasteiger partial charge in [0.2, 0.25) is 5.76 Å². The minimum absolute atomic E-state index is 0.0566. The highest BCUT2D eigenvalue weighted by Crippen LogP contribution is 2.32. The summed E-state index contributed by atoms with van der Waals surface area (Å²) in [6.45, 7) is 0.284. The maximum absolute atomic E-state index is 12.3. The Bertz CT molecular complexity index is 1120. The smallest absolute Gasteiger partial charge is 0.374 e. The molecule has 0 aliphatic rings. The second-order valence-corrected chi connectivity index (χ2v) is 7.15. The van der Waals surface area contributed by atoms with Crippen molar-refractivity contribution in [3.05, 3.63) is 89.3 Å². The van der Waals surface area contributed by atoms with Gasteiger partial charge < -0.3 is 18.6 Å². The van der Waals surface area contributed by atoms with Gasteiger partial charge in [0, 0.05) is 5.38 Å². The first-order valence-corrected chi connectivity index (χ1v) is 10.1. The summed E-state index contributed by atoms with van der Waals surface area (Å²) in [4.78, 5) is 16.8. The first-order chi connectivity index (χ1) is 14.7. The van der Waals surface area contributed by atoms with Crippen LogP contribution in [0.2, 0.25) is 0 Å². The van der Waals surface area contributed by atoms with E-state index in [2.05, 4.69) is 4.98 Å². The third kappa shape index (κ3) is 4.69. The van der Waals surface area contributed by atoms with Gasteiger partial charge in [-0.05, 0) is 36.4 Å². The molecule has 6 nitrogen and oxygen atoms in total. The highest BCUT2D eigenvalue weighted by Gasteiger charge is 2.15. The molecular weight excluding hydrogens is 402 g/mol. The van der Waals surface area contributed by atoms with Crippen LogP contribution in [-0.4, -0.2) is 18.1 Å². The van der Waals surface area contributed by atoms with E-state index in [9.17, 15) is 4.79 Å². The molecule has 7 heteroatoms. The molecule has 0 radical (unpaired) electrons. The van der Waals surface area contributed by atoms with Gasteiger partial charge in [-0.15, -0.1) is 11.3 Å². The van der Waals surface area contributed by atoms with E-state index in [-0.39, 0.29) is 19.0 Å². The molecule has 0 N–H and O–H groups in total. The molecule has 0 saturated heterocycles. The van der Waals surface area contributed by atoms with Crippen LogP contribution in [0.3, 0.4) is 0 Å². The standard InChI is InChI=1S/C23H19NO5S/c1-26-20-10-6-5-9-19(20)22-24-16(15-30-22)13-28-23(25)21-12-11-18(29-21)14-27-17-7-3-2-4-8-17/h2-12,15H,13-14H2,1H3. The molecular formula is C23H19NO5S. The summed E-state index contributed by atoms with van der Waals surface area (Å²) in [7, 11) is 1.62. The van der Waals surface area contributed by atoms with E-state index in [0.29, 0.717) is 11.5 Å². The van der Waals surface area contributed by atoms with Crippen molar-refractivity contribution in [1.29, 1.82) is 0 Å². The van der Waals surface area contributed by atoms with E-state index < -0.39 is 5.97 Å². The molecule has 4 rings (SSSR count). The lowest BCUT2D eigenvalue weighted by atomic mass is 10.2. The van der Waals surface area contributed by atoms with Crippen molar-refractivity contribution in [3.8, 4) is 22.1 Å². The molecule has 2 aromatic carbocycles. The lowest BCUT2D eigenvalue weighted by Gasteiger charge is -2.04. The van der Waals surface area contributed by atoms with Crippen molar-refractivity contribution in [1.82, 2.24) is 4.98 Å². The summed E-state index contributed by atoms with van der Waals surface area (Å²) < 4.78 is 21.8. The zero-order valence-corrected chi connectivity index (χ0v) is 17.1. The highest BCUT2D eigenvalue weighted by atomic mass is 32.1. The number of ether oxygens (including phenoxy) is 3. The topological polar surface area (TPSA) is 70.8 Å². The van der Waals surface area contributed by atoms with Crippen LogP contribution < -0.4 is 9.47 Å². The van der Waals surface area contributed by atoms with E-state index in [0.717, 1.165) is 22.1 Å². The molecule has 0 bridgehead atoms. The van der Waals surface area contributed by atoms with Gasteiger partial charge in [-0.1, -0.05) is 30.3 Å². The zero-order valence-electron chi connectivity index (χ0n) is 16.2. The number of esters is 1. The van der Waals surface area contributed by atoms with Gasteiger partial charge in [-0.2, -0.15) is 0 Å². The van der Waals surface area contributed by atoms with Crippen LogP contribution in [0.25, 0.3) is 10.6 Å². The van der Waals surface area contributed by atoms with E-state index in [1.54, 1.807) is 19.2 Å². The molecule has 30 heavy (non-hydrogen) atoms. The van der Waals surface area contributed by atoms with Crippen LogP contribution in [0.15, 0.2) is 76.5 Å². The molecule has 0 spiro atoms. The van der Waals surface area contributed by atoms with E-state index >= 15 is 0 Å². The summed E-state index contributed by atoms with van der Waals surface area (Å²) in [6.07, 6.45) is 0. The van der Waals surface area contributed by atoms with Gasteiger partial charge in [0.15, 0.2) is 0 Å². The Labute approximate surface area is 177 Å². The third-order valence-electron chi connectivity index (χ3n) is 4.23. The van der Waals surface area contributed by atoms with E-state index in [4.69, 9.17) is 18.6 Å². The number of hydrogen-bond donors (Lipinski definition) is 0. The fraction of sp³-hybridized carbons (Fsp3) is 0.130. The van der Waals surface area contributed by atoms with Gasteiger partial charge in [0.05, 0.1) is 18.4 Å². The van der Waals surface area contributed by atoms with Crippen molar-refractivity contribution in [2.24, 2.45) is 0 Å². The molecule has 0 unspecified atom stereocenters. The average Bonchev–Trinajstić information content (AvgIpc) is 3.46. The first kappa shape index (κ1) is 19.7. The SMILES string of the molecule is COc1ccccc1-c1nc(COC(=O)c2ccc(COc3ccccc3)o2)cs1. The molecule has 0 fully saturated rings. The number of nitrogens with zero attached hydrogens (tertiary/aromatic N) is 1. The molecule has 2 aromatic heterocycles. The first-order valence-electron chi connectivity index (χ1n) is 9.24. The van der Waals surface area contributed by atoms with Crippen molar-refractivity contribution in [2.75, 3.05) is 7.11 Å². The van der Waals surface area contributed by atoms with Crippen LogP contribution in [0.5, 0.6) is 11.5 Å². The Morgan fingerprint density at radius 3 is 2.63 bits per heavy atom. The number of hydrogen-bond acceptors (Lipinski definition) is 7. The van der Waals surface area contributed by atoms with Crippen molar-refractivity contribution < 1.29 is 23.4 Å². The number of rotatable bonds is 8. The Morgan fingerprint density at radius 1 is 1.00 bits per heavy atom. The maximum Gasteiger partial charge on any atom is 0.374 e. The molecule has 4 aromatic rings. The van der Waals surface area contributed by atoms with Crippen molar-refractivity contribution in [2.45, 2.75) is 13.2 Å². The summed E-state index contributed by atoms with van der Waals surface area (Å²) in [5, 5.41) is 2.66. The van der Waals surface area contributed by atoms with Gasteiger partial charge in [0.25, 0.3) is 0 Å². The number of methoxy groups -OCH3 is 1. The van der Waals surface area contributed by atoms with Crippen LogP contribution in [0.4, 0.5) is 0 Å². The molecule has 0 atom stereocenters. The van der Waals surface area contributed by atoms with E-state index in [1.807, 2.05) is 60.0 Å². The lowest BCUT2D eigenvalue weighted by Crippen LogP contribution is -2.04. The predicted molar refractivity (Wildman–Crippen MR) is 113 cm³/mol. The normalized spacial score (nSPS) is 10.6. The Balaban J connectivity index is 1.33. The molecule has 0 saturated carbocycles. The van der Waals surface area contributed by atoms with Gasteiger partial charge in [0.1, 0.15) is 35.5 Å². The molecule has 2 heterocycles. The quantitative estimate of drug-likeness (QED) is 0.357. The van der Waals surface area contributed by atoms with E-state index in [1.165, 1.54) is 11.3 Å². The predicted octanol–water partition coefficient (Wildman–Crippen LogP) is 5.35. The monoisotopic (exact) mass is 421 g/mol. The summed E-state index contributed by atoms with van der Waals surface area (Å²) in [5.41, 5.74) is 1.56. The average molecular weight is 421 g/mol. The number of benzene rings is 2. The van der Waals surface area contributed by atoms with Crippen LogP contribution in [-0.2, 0) is 18.0 Å². The van der Waals surface area contributed by atoms with Crippen LogP contribution in [0, 0.1) is 0 Å². The molecule has 0 aliphatic carbocycles. The number of furan rings is 1. The van der Waals surface area contributed by atoms with Crippen LogP contribution in [0.1, 0.15) is 22.0 Å². The van der Waals surface area contributed by atoms with Gasteiger partial charge >= 0.3 is 5.97 Å². The fourth-order valence-electron chi connectivity index (χ4n) is 2.77. The Kier molecular flexibility index (Phi) is 6.10. The van der Waals surface area contributed by atoms with Crippen molar-refractivity contribution >= 4 is 17.3 Å². The maximum atomic E-state index is 12.3. The largest absolute Gasteiger partial charge is 0.496 e. The second-order valence-electron chi connectivity index (χ2n) is 6.29. The Morgan fingerprint density at radius 2 is 1.80 bits per heavy atom. The van der Waals surface area contributed by atoms with Gasteiger partial charge in [-0.25, -0.2) is 9.78 Å². The summed E-state index contributed by atoms with van der Waals surface area (Å²) >= 11 is 1.47. The number of aromatic nitrogens is 1. The molecule has 0 amide bonds. The highest BCUT2D eigenvalue weighted by molar-refractivity contribution is 7.13. The zero-order chi connectivity index (χ0) is 20.8. The fourth-order valence-corrected chi connectivity index (χ4v) is 3.60. The molecule has 0 aliphatic heterocycles. The number of carbonyl (C=O) groups excluding carboxylic acids is 1. The number of para-hydroxylation sites is 2. The minimum atomic E-state index is -0.548. The van der Waals surface area contributed by atoms with Gasteiger partial charge in [-0.3, -0.25) is 0 Å². The molecule has 152 valence electrons.